The summed E-state index contributed by atoms with van der Waals surface area (Å²) in [5.41, 5.74) is 2.10. The van der Waals surface area contributed by atoms with Crippen LogP contribution in [-0.4, -0.2) is 4.92 Å². The van der Waals surface area contributed by atoms with Crippen molar-refractivity contribution < 1.29 is 4.92 Å². The standard InChI is InChI=1S/C13H11BrN2O2/c14-11-3-1-2-10(8-11)9-15-12-4-6-13(7-5-12)16(17)18/h1-8,15H,9H2. The van der Waals surface area contributed by atoms with Crippen LogP contribution < -0.4 is 5.32 Å². The first kappa shape index (κ1) is 12.6. The number of nitro groups is 1. The molecule has 0 atom stereocenters. The average molecular weight is 307 g/mol. The van der Waals surface area contributed by atoms with E-state index in [1.165, 1.54) is 12.1 Å². The van der Waals surface area contributed by atoms with E-state index in [0.717, 1.165) is 15.7 Å². The Morgan fingerprint density at radius 1 is 1.17 bits per heavy atom. The minimum atomic E-state index is -0.405. The molecule has 4 nitrogen and oxygen atoms in total. The number of rotatable bonds is 4. The molecule has 0 heterocycles. The smallest absolute Gasteiger partial charge is 0.269 e. The van der Waals surface area contributed by atoms with Gasteiger partial charge in [0.25, 0.3) is 5.69 Å². The molecule has 2 aromatic rings. The second-order valence-corrected chi connectivity index (χ2v) is 4.70. The molecule has 0 aliphatic heterocycles. The van der Waals surface area contributed by atoms with E-state index >= 15 is 0 Å². The van der Waals surface area contributed by atoms with E-state index in [0.29, 0.717) is 6.54 Å². The fraction of sp³-hybridized carbons (Fsp3) is 0.0769. The summed E-state index contributed by atoms with van der Waals surface area (Å²) in [7, 11) is 0. The van der Waals surface area contributed by atoms with Crippen LogP contribution in [0.25, 0.3) is 0 Å². The minimum absolute atomic E-state index is 0.100. The van der Waals surface area contributed by atoms with Crippen molar-refractivity contribution in [3.63, 3.8) is 0 Å². The number of benzene rings is 2. The number of hydrogen-bond acceptors (Lipinski definition) is 3. The van der Waals surface area contributed by atoms with Gasteiger partial charge in [0.1, 0.15) is 0 Å². The summed E-state index contributed by atoms with van der Waals surface area (Å²) >= 11 is 3.41. The number of halogens is 1. The van der Waals surface area contributed by atoms with Gasteiger partial charge in [-0.1, -0.05) is 28.1 Å². The third-order valence-electron chi connectivity index (χ3n) is 2.46. The second kappa shape index (κ2) is 5.64. The van der Waals surface area contributed by atoms with Crippen LogP contribution >= 0.6 is 15.9 Å². The van der Waals surface area contributed by atoms with Gasteiger partial charge in [-0.3, -0.25) is 10.1 Å². The number of nitrogens with one attached hydrogen (secondary N) is 1. The van der Waals surface area contributed by atoms with Crippen molar-refractivity contribution in [3.05, 3.63) is 68.7 Å². The molecule has 5 heteroatoms. The van der Waals surface area contributed by atoms with Crippen molar-refractivity contribution in [1.29, 1.82) is 0 Å². The third-order valence-corrected chi connectivity index (χ3v) is 2.96. The average Bonchev–Trinajstić information content (AvgIpc) is 2.37. The molecular formula is C13H11BrN2O2. The lowest BCUT2D eigenvalue weighted by Crippen LogP contribution is -1.99. The van der Waals surface area contributed by atoms with Crippen LogP contribution in [0.5, 0.6) is 0 Å². The van der Waals surface area contributed by atoms with E-state index in [2.05, 4.69) is 21.2 Å². The van der Waals surface area contributed by atoms with Crippen LogP contribution in [0.1, 0.15) is 5.56 Å². The fourth-order valence-corrected chi connectivity index (χ4v) is 2.00. The fourth-order valence-electron chi connectivity index (χ4n) is 1.55. The Bertz CT molecular complexity index is 555. The Morgan fingerprint density at radius 2 is 1.89 bits per heavy atom. The van der Waals surface area contributed by atoms with Crippen molar-refractivity contribution in [2.45, 2.75) is 6.54 Å². The molecule has 2 aromatic carbocycles. The van der Waals surface area contributed by atoms with Crippen LogP contribution in [0.4, 0.5) is 11.4 Å². The van der Waals surface area contributed by atoms with Crippen LogP contribution in [-0.2, 0) is 6.54 Å². The number of nitro benzene ring substituents is 1. The first-order chi connectivity index (χ1) is 8.65. The molecule has 0 spiro atoms. The largest absolute Gasteiger partial charge is 0.381 e. The third kappa shape index (κ3) is 3.30. The SMILES string of the molecule is O=[N+]([O-])c1ccc(NCc2cccc(Br)c2)cc1. The number of anilines is 1. The molecule has 2 rings (SSSR count). The normalized spacial score (nSPS) is 10.1. The molecule has 0 radical (unpaired) electrons. The van der Waals surface area contributed by atoms with Crippen molar-refractivity contribution >= 4 is 27.3 Å². The zero-order valence-corrected chi connectivity index (χ0v) is 11.1. The monoisotopic (exact) mass is 306 g/mol. The van der Waals surface area contributed by atoms with Crippen molar-refractivity contribution in [2.24, 2.45) is 0 Å². The van der Waals surface area contributed by atoms with E-state index < -0.39 is 4.92 Å². The molecule has 92 valence electrons. The predicted octanol–water partition coefficient (Wildman–Crippen LogP) is 3.97. The van der Waals surface area contributed by atoms with Crippen LogP contribution in [0.15, 0.2) is 53.0 Å². The topological polar surface area (TPSA) is 55.2 Å². The van der Waals surface area contributed by atoms with Crippen LogP contribution in [0.2, 0.25) is 0 Å². The summed E-state index contributed by atoms with van der Waals surface area (Å²) in [5.74, 6) is 0. The summed E-state index contributed by atoms with van der Waals surface area (Å²) < 4.78 is 1.03. The van der Waals surface area contributed by atoms with Crippen LogP contribution in [0.3, 0.4) is 0 Å². The molecule has 0 bridgehead atoms. The van der Waals surface area contributed by atoms with Crippen molar-refractivity contribution in [2.75, 3.05) is 5.32 Å². The quantitative estimate of drug-likeness (QED) is 0.687. The lowest BCUT2D eigenvalue weighted by Gasteiger charge is -2.06. The molecule has 0 amide bonds. The Balaban J connectivity index is 2.00. The zero-order valence-electron chi connectivity index (χ0n) is 9.47. The maximum Gasteiger partial charge on any atom is 0.269 e. The molecular weight excluding hydrogens is 296 g/mol. The van der Waals surface area contributed by atoms with Gasteiger partial charge >= 0.3 is 0 Å². The lowest BCUT2D eigenvalue weighted by molar-refractivity contribution is -0.384. The number of nitrogens with zero attached hydrogens (tertiary/aromatic N) is 1. The summed E-state index contributed by atoms with van der Waals surface area (Å²) in [6, 6.07) is 14.4. The molecule has 0 aromatic heterocycles. The van der Waals surface area contributed by atoms with Crippen molar-refractivity contribution in [1.82, 2.24) is 0 Å². The molecule has 0 unspecified atom stereocenters. The number of non-ortho nitro benzene ring substituents is 1. The molecule has 1 N–H and O–H groups in total. The zero-order chi connectivity index (χ0) is 13.0. The Kier molecular flexibility index (Phi) is 3.94. The Hall–Kier alpha value is -1.88. The summed E-state index contributed by atoms with van der Waals surface area (Å²) in [6.45, 7) is 0.678. The van der Waals surface area contributed by atoms with Gasteiger partial charge in [0.2, 0.25) is 0 Å². The highest BCUT2D eigenvalue weighted by atomic mass is 79.9. The van der Waals surface area contributed by atoms with E-state index in [9.17, 15) is 10.1 Å². The van der Waals surface area contributed by atoms with Gasteiger partial charge in [-0.25, -0.2) is 0 Å². The first-order valence-corrected chi connectivity index (χ1v) is 6.17. The number of hydrogen-bond donors (Lipinski definition) is 1. The Labute approximate surface area is 113 Å². The van der Waals surface area contributed by atoms with Gasteiger partial charge < -0.3 is 5.32 Å². The molecule has 0 aliphatic rings. The van der Waals surface area contributed by atoms with Gasteiger partial charge in [0.05, 0.1) is 4.92 Å². The summed E-state index contributed by atoms with van der Waals surface area (Å²) in [4.78, 5) is 10.1. The summed E-state index contributed by atoms with van der Waals surface area (Å²) in [5, 5.41) is 13.7. The van der Waals surface area contributed by atoms with Gasteiger partial charge in [-0.05, 0) is 29.8 Å². The van der Waals surface area contributed by atoms with Gasteiger partial charge in [-0.2, -0.15) is 0 Å². The predicted molar refractivity (Wildman–Crippen MR) is 74.6 cm³/mol. The molecule has 0 saturated carbocycles. The van der Waals surface area contributed by atoms with E-state index in [-0.39, 0.29) is 5.69 Å². The molecule has 0 saturated heterocycles. The van der Waals surface area contributed by atoms with Gasteiger partial charge in [0, 0.05) is 28.8 Å². The van der Waals surface area contributed by atoms with E-state index in [4.69, 9.17) is 0 Å². The van der Waals surface area contributed by atoms with E-state index in [1.54, 1.807) is 12.1 Å². The minimum Gasteiger partial charge on any atom is -0.381 e. The maximum atomic E-state index is 10.5. The molecule has 0 fully saturated rings. The molecule has 0 aliphatic carbocycles. The highest BCUT2D eigenvalue weighted by Crippen LogP contribution is 2.17. The highest BCUT2D eigenvalue weighted by Gasteiger charge is 2.03. The summed E-state index contributed by atoms with van der Waals surface area (Å²) in [6.07, 6.45) is 0. The van der Waals surface area contributed by atoms with E-state index in [1.807, 2.05) is 24.3 Å². The molecule has 18 heavy (non-hydrogen) atoms. The first-order valence-electron chi connectivity index (χ1n) is 5.38. The second-order valence-electron chi connectivity index (χ2n) is 3.79. The van der Waals surface area contributed by atoms with Gasteiger partial charge in [-0.15, -0.1) is 0 Å². The maximum absolute atomic E-state index is 10.5. The Morgan fingerprint density at radius 3 is 2.50 bits per heavy atom. The highest BCUT2D eigenvalue weighted by molar-refractivity contribution is 9.10. The lowest BCUT2D eigenvalue weighted by atomic mass is 10.2. The van der Waals surface area contributed by atoms with Gasteiger partial charge in [0.15, 0.2) is 0 Å². The van der Waals surface area contributed by atoms with Crippen LogP contribution in [0, 0.1) is 10.1 Å². The van der Waals surface area contributed by atoms with Crippen molar-refractivity contribution in [3.8, 4) is 0 Å².